The minimum atomic E-state index is -1.23. The molecule has 145 heavy (non-hydrogen) atoms. The summed E-state index contributed by atoms with van der Waals surface area (Å²) >= 11 is 3.79. The molecule has 0 heterocycles. The SMILES string of the molecule is CC1(C)c2ccccc2-c2c(-c3cc(F)cc(N(c4ccccc4)c4ccc5ccc6c(Br)ccc7ccc4c5c76)c3)cccc21.[2H]c1c([2H])c([2H])c(N(c2c(F)cc(-c3ccccc3)cc2-c2ccccc2)c2ccc3ccc4c(N(c5ccccc5)c5cc(F)cc(-c6cccc7c6-c6ccccc6C7(C)C)c5)ccc5ccc2c3c54)c(F)c1[2H].[2H]c1c([2H])c([2H])c(Nc2c(F)cc(-c3ccccc3)cc2-c2ccccc2)c(F)c1[2H]. The summed E-state index contributed by atoms with van der Waals surface area (Å²) in [5.74, 6) is -4.47. The maximum absolute atomic E-state index is 17.8. The van der Waals surface area contributed by atoms with Crippen molar-refractivity contribution >= 4 is 143 Å². The van der Waals surface area contributed by atoms with Gasteiger partial charge in [-0.15, -0.1) is 0 Å². The molecule has 11 heteroatoms. The monoisotopic (exact) mass is 1960 g/mol. The Hall–Kier alpha value is -17.4. The van der Waals surface area contributed by atoms with Crippen LogP contribution >= 0.6 is 15.9 Å². The molecule has 2 aliphatic carbocycles. The number of anilines is 11. The topological polar surface area (TPSA) is 21.8 Å². The molecule has 696 valence electrons. The lowest BCUT2D eigenvalue weighted by Gasteiger charge is -2.31. The normalized spacial score (nSPS) is 13.3. The number of nitrogens with zero attached hydrogens (tertiary/aromatic N) is 3. The van der Waals surface area contributed by atoms with Crippen molar-refractivity contribution in [3.8, 4) is 89.0 Å². The van der Waals surface area contributed by atoms with Crippen LogP contribution in [0, 0.1) is 34.9 Å². The lowest BCUT2D eigenvalue weighted by atomic mass is 9.82. The standard InChI is InChI=1S/C67H45F3N2.C43H29BrFN.C24H17F2N/c1-67(2)56-25-13-12-23-52(56)65-51(24-16-26-57(65)67)47-37-48(68)41-50(38-47)71(49-21-10-5-11-22-49)60-35-31-44-30-34-54-61(36-32-45-29-33-53(60)63(44)64(45)54)72(62-28-15-14-27-58(62)69)66-55(43-19-8-4-9-20-43)39-46(40-59(66)70)42-17-6-3-7-18-42;1-43(2)36-13-7-6-11-33(36)42-32(12-8-14-37(42)43)28-23-29(45)25-31(24-28)46(30-9-4-3-5-10-30)39-22-18-27-15-19-34-38(44)21-17-26-16-20-35(39)41(27)40(26)34;25-21-13-7-8-14-23(21)27-24-20(18-11-5-2-6-12-18)15-19(16-22(24)26)17-9-3-1-4-10-17/h3-41H,1-2H3;3-25H,1-2H3;1-16,27H/i14D,15D,27D,28D;;7D,8D,13D,14D. The molecule has 0 amide bonds. The van der Waals surface area contributed by atoms with Crippen molar-refractivity contribution in [3.05, 3.63) is 535 Å². The first-order chi connectivity index (χ1) is 74.2. The Labute approximate surface area is 857 Å². The highest BCUT2D eigenvalue weighted by Crippen LogP contribution is 2.58. The second-order valence-electron chi connectivity index (χ2n) is 37.7. The van der Waals surface area contributed by atoms with Gasteiger partial charge in [0.15, 0.2) is 0 Å². The van der Waals surface area contributed by atoms with E-state index in [4.69, 9.17) is 9.60 Å². The molecular formula is C134H91BrF6N4. The number of hydrogen-bond donors (Lipinski definition) is 1. The fourth-order valence-electron chi connectivity index (χ4n) is 22.0. The first-order valence-electron chi connectivity index (χ1n) is 52.0. The summed E-state index contributed by atoms with van der Waals surface area (Å²) in [7, 11) is 0. The average molecular weight is 1960 g/mol. The summed E-state index contributed by atoms with van der Waals surface area (Å²) in [6.07, 6.45) is 0. The molecule has 1 N–H and O–H groups in total. The molecule has 0 aromatic heterocycles. The summed E-state index contributed by atoms with van der Waals surface area (Å²) in [4.78, 5) is 5.60. The summed E-state index contributed by atoms with van der Waals surface area (Å²) in [6.45, 7) is 9.02. The van der Waals surface area contributed by atoms with Gasteiger partial charge in [-0.25, -0.2) is 26.3 Å². The zero-order valence-corrected chi connectivity index (χ0v) is 80.5. The van der Waals surface area contributed by atoms with Gasteiger partial charge in [-0.1, -0.05) is 383 Å². The van der Waals surface area contributed by atoms with E-state index < -0.39 is 88.8 Å². The van der Waals surface area contributed by atoms with E-state index >= 15 is 22.0 Å². The number of fused-ring (bicyclic) bond motifs is 6. The highest BCUT2D eigenvalue weighted by molar-refractivity contribution is 9.10. The van der Waals surface area contributed by atoms with Crippen LogP contribution in [0.25, 0.3) is 154 Å². The molecule has 0 saturated carbocycles. The molecule has 0 unspecified atom stereocenters. The van der Waals surface area contributed by atoms with Crippen LogP contribution in [0.5, 0.6) is 0 Å². The molecule has 0 saturated heterocycles. The Morgan fingerprint density at radius 3 is 1.08 bits per heavy atom. The Morgan fingerprint density at radius 1 is 0.248 bits per heavy atom. The predicted molar refractivity (Wildman–Crippen MR) is 596 cm³/mol. The smallest absolute Gasteiger partial charge is 0.148 e. The van der Waals surface area contributed by atoms with Crippen molar-refractivity contribution in [3.63, 3.8) is 0 Å². The van der Waals surface area contributed by atoms with Crippen LogP contribution in [0.15, 0.2) is 477 Å². The quantitative estimate of drug-likeness (QED) is 0.0724. The van der Waals surface area contributed by atoms with Gasteiger partial charge >= 0.3 is 0 Å². The number of rotatable bonds is 17. The van der Waals surface area contributed by atoms with Crippen LogP contribution in [-0.2, 0) is 10.8 Å². The Kier molecular flexibility index (Phi) is 20.7. The van der Waals surface area contributed by atoms with E-state index in [1.807, 2.05) is 200 Å². The van der Waals surface area contributed by atoms with E-state index in [9.17, 15) is 5.76 Å². The van der Waals surface area contributed by atoms with Crippen LogP contribution in [0.4, 0.5) is 88.9 Å². The van der Waals surface area contributed by atoms with Gasteiger partial charge in [0.2, 0.25) is 0 Å². The van der Waals surface area contributed by atoms with Crippen molar-refractivity contribution in [2.75, 3.05) is 20.0 Å². The highest BCUT2D eigenvalue weighted by Gasteiger charge is 2.40. The van der Waals surface area contributed by atoms with Gasteiger partial charge in [0.25, 0.3) is 0 Å². The van der Waals surface area contributed by atoms with E-state index in [1.165, 1.54) is 77.3 Å². The molecule has 0 fully saturated rings. The minimum absolute atomic E-state index is 0.0742. The van der Waals surface area contributed by atoms with Crippen molar-refractivity contribution in [2.45, 2.75) is 38.5 Å². The maximum Gasteiger partial charge on any atom is 0.148 e. The van der Waals surface area contributed by atoms with E-state index in [0.29, 0.717) is 44.5 Å². The van der Waals surface area contributed by atoms with Crippen molar-refractivity contribution in [1.29, 1.82) is 0 Å². The predicted octanol–water partition coefficient (Wildman–Crippen LogP) is 39.2. The lowest BCUT2D eigenvalue weighted by molar-refractivity contribution is 0.620. The molecular weight excluding hydrogens is 1860 g/mol. The molecule has 24 aromatic rings. The molecule has 0 atom stereocenters. The first kappa shape index (κ1) is 81.3. The number of halogens is 7. The first-order valence-corrected chi connectivity index (χ1v) is 48.8. The average Bonchev–Trinajstić information content (AvgIpc) is 1.50. The van der Waals surface area contributed by atoms with Crippen LogP contribution in [0.1, 0.15) is 60.9 Å². The highest BCUT2D eigenvalue weighted by atomic mass is 79.9. The van der Waals surface area contributed by atoms with Crippen LogP contribution in [-0.4, -0.2) is 0 Å². The zero-order chi connectivity index (χ0) is 105. The molecule has 0 spiro atoms. The molecule has 0 radical (unpaired) electrons. The summed E-state index contributed by atoms with van der Waals surface area (Å²) in [5.41, 5.74) is 21.6. The largest absolute Gasteiger partial charge is 0.350 e. The van der Waals surface area contributed by atoms with E-state index in [2.05, 4.69) is 210 Å². The van der Waals surface area contributed by atoms with Crippen LogP contribution in [0.3, 0.4) is 0 Å². The third-order valence-corrected chi connectivity index (χ3v) is 29.3. The zero-order valence-electron chi connectivity index (χ0n) is 86.9. The summed E-state index contributed by atoms with van der Waals surface area (Å²) in [5, 5.41) is 14.5. The van der Waals surface area contributed by atoms with Crippen LogP contribution < -0.4 is 20.0 Å². The number of hydrogen-bond acceptors (Lipinski definition) is 4. The van der Waals surface area contributed by atoms with E-state index in [1.54, 1.807) is 60.7 Å². The molecule has 0 bridgehead atoms. The van der Waals surface area contributed by atoms with Gasteiger partial charge in [-0.3, -0.25) is 0 Å². The molecule has 26 rings (SSSR count). The third-order valence-electron chi connectivity index (χ3n) is 28.6. The number of nitrogens with one attached hydrogen (secondary N) is 1. The second-order valence-corrected chi connectivity index (χ2v) is 38.5. The van der Waals surface area contributed by atoms with Gasteiger partial charge in [-0.2, -0.15) is 0 Å². The Balaban J connectivity index is 0.000000136. The van der Waals surface area contributed by atoms with Gasteiger partial charge in [0, 0.05) is 65.3 Å². The van der Waals surface area contributed by atoms with Crippen molar-refractivity contribution in [2.24, 2.45) is 0 Å². The van der Waals surface area contributed by atoms with E-state index in [0.717, 1.165) is 110 Å². The summed E-state index contributed by atoms with van der Waals surface area (Å²) in [6, 6.07) is 131. The van der Waals surface area contributed by atoms with Gasteiger partial charge in [-0.05, 0) is 282 Å². The lowest BCUT2D eigenvalue weighted by Crippen LogP contribution is -2.15. The fraction of sp³-hybridized carbons (Fsp3) is 0.0448. The van der Waals surface area contributed by atoms with Crippen LogP contribution in [0.2, 0.25) is 0 Å². The van der Waals surface area contributed by atoms with Gasteiger partial charge < -0.3 is 20.0 Å². The summed E-state index contributed by atoms with van der Waals surface area (Å²) < 4.78 is 165. The number of para-hydroxylation sites is 4. The molecule has 0 aliphatic heterocycles. The van der Waals surface area contributed by atoms with E-state index in [-0.39, 0.29) is 33.7 Å². The number of benzene rings is 24. The molecule has 2 aliphatic rings. The second kappa shape index (κ2) is 36.9. The molecule has 24 aromatic carbocycles. The maximum atomic E-state index is 17.8. The van der Waals surface area contributed by atoms with Gasteiger partial charge in [0.1, 0.15) is 34.9 Å². The molecule has 4 nitrogen and oxygen atoms in total. The van der Waals surface area contributed by atoms with Crippen molar-refractivity contribution < 1.29 is 37.3 Å². The Morgan fingerprint density at radius 2 is 0.607 bits per heavy atom. The fourth-order valence-corrected chi connectivity index (χ4v) is 22.4. The van der Waals surface area contributed by atoms with Crippen molar-refractivity contribution in [1.82, 2.24) is 0 Å². The third kappa shape index (κ3) is 16.0. The minimum Gasteiger partial charge on any atom is -0.350 e. The van der Waals surface area contributed by atoms with Gasteiger partial charge in [0.05, 0.1) is 50.8 Å². The Bertz CT molecular complexity index is 9620.